The van der Waals surface area contributed by atoms with E-state index in [0.29, 0.717) is 12.1 Å². The van der Waals surface area contributed by atoms with Crippen molar-refractivity contribution in [2.24, 2.45) is 0 Å². The third-order valence-corrected chi connectivity index (χ3v) is 3.13. The number of hydrogen-bond donors (Lipinski definition) is 1. The average Bonchev–Trinajstić information content (AvgIpc) is 2.52. The zero-order valence-corrected chi connectivity index (χ0v) is 12.3. The lowest BCUT2D eigenvalue weighted by Gasteiger charge is -2.09. The smallest absolute Gasteiger partial charge is 0.339 e. The van der Waals surface area contributed by atoms with E-state index in [0.717, 1.165) is 16.9 Å². The second kappa shape index (κ2) is 7.45. The van der Waals surface area contributed by atoms with Crippen LogP contribution in [0.5, 0.6) is 5.75 Å². The van der Waals surface area contributed by atoms with Gasteiger partial charge in [0.25, 0.3) is 0 Å². The number of methoxy groups -OCH3 is 1. The molecule has 0 radical (unpaired) electrons. The Balaban J connectivity index is 1.79. The van der Waals surface area contributed by atoms with Crippen LogP contribution in [0, 0.1) is 6.92 Å². The van der Waals surface area contributed by atoms with Gasteiger partial charge in [-0.2, -0.15) is 0 Å². The minimum absolute atomic E-state index is 0.171. The standard InChI is InChI=1S/C17H19NO3/c1-13-6-3-4-9-16(13)17(19)21-12-18-11-14-7-5-8-15(10-14)20-2/h3-10,18H,11-12H2,1-2H3. The Hall–Kier alpha value is -2.33. The normalized spacial score (nSPS) is 10.2. The molecule has 0 spiro atoms. The van der Waals surface area contributed by atoms with E-state index in [2.05, 4.69) is 5.32 Å². The third-order valence-electron chi connectivity index (χ3n) is 3.13. The van der Waals surface area contributed by atoms with Gasteiger partial charge < -0.3 is 9.47 Å². The molecule has 21 heavy (non-hydrogen) atoms. The van der Waals surface area contributed by atoms with E-state index in [9.17, 15) is 4.79 Å². The number of rotatable bonds is 6. The molecule has 0 unspecified atom stereocenters. The first kappa shape index (κ1) is 15.1. The van der Waals surface area contributed by atoms with Gasteiger partial charge in [0.1, 0.15) is 12.5 Å². The Kier molecular flexibility index (Phi) is 5.35. The molecule has 0 aromatic heterocycles. The van der Waals surface area contributed by atoms with Gasteiger partial charge in [0.15, 0.2) is 0 Å². The summed E-state index contributed by atoms with van der Waals surface area (Å²) in [7, 11) is 1.64. The van der Waals surface area contributed by atoms with Gasteiger partial charge in [0.05, 0.1) is 12.7 Å². The molecular formula is C17H19NO3. The van der Waals surface area contributed by atoms with Crippen molar-refractivity contribution < 1.29 is 14.3 Å². The Morgan fingerprint density at radius 3 is 2.71 bits per heavy atom. The summed E-state index contributed by atoms with van der Waals surface area (Å²) in [5, 5.41) is 3.07. The van der Waals surface area contributed by atoms with Gasteiger partial charge in [-0.15, -0.1) is 0 Å². The molecule has 2 aromatic rings. The summed E-state index contributed by atoms with van der Waals surface area (Å²) < 4.78 is 10.4. The topological polar surface area (TPSA) is 47.6 Å². The van der Waals surface area contributed by atoms with Crippen LogP contribution in [-0.2, 0) is 11.3 Å². The summed E-state index contributed by atoms with van der Waals surface area (Å²) in [6, 6.07) is 15.1. The summed E-state index contributed by atoms with van der Waals surface area (Å²) >= 11 is 0. The minimum atomic E-state index is -0.314. The summed E-state index contributed by atoms with van der Waals surface area (Å²) in [6.07, 6.45) is 0. The van der Waals surface area contributed by atoms with Crippen LogP contribution in [0.3, 0.4) is 0 Å². The maximum atomic E-state index is 11.9. The van der Waals surface area contributed by atoms with E-state index in [1.807, 2.05) is 49.4 Å². The molecule has 1 N–H and O–H groups in total. The molecule has 0 saturated carbocycles. The number of nitrogens with one attached hydrogen (secondary N) is 1. The lowest BCUT2D eigenvalue weighted by Crippen LogP contribution is -2.20. The van der Waals surface area contributed by atoms with Crippen molar-refractivity contribution in [1.29, 1.82) is 0 Å². The molecule has 2 aromatic carbocycles. The van der Waals surface area contributed by atoms with Gasteiger partial charge in [-0.3, -0.25) is 5.32 Å². The van der Waals surface area contributed by atoms with Gasteiger partial charge in [-0.05, 0) is 36.2 Å². The van der Waals surface area contributed by atoms with Gasteiger partial charge in [0, 0.05) is 6.54 Å². The van der Waals surface area contributed by atoms with Gasteiger partial charge in [-0.1, -0.05) is 30.3 Å². The van der Waals surface area contributed by atoms with Crippen molar-refractivity contribution in [2.75, 3.05) is 13.8 Å². The molecule has 0 atom stereocenters. The number of carbonyl (C=O) groups is 1. The molecule has 0 bridgehead atoms. The third kappa shape index (κ3) is 4.33. The highest BCUT2D eigenvalue weighted by Gasteiger charge is 2.08. The number of benzene rings is 2. The maximum absolute atomic E-state index is 11.9. The van der Waals surface area contributed by atoms with E-state index in [4.69, 9.17) is 9.47 Å². The predicted molar refractivity (Wildman–Crippen MR) is 81.3 cm³/mol. The summed E-state index contributed by atoms with van der Waals surface area (Å²) in [5.41, 5.74) is 2.58. The summed E-state index contributed by atoms with van der Waals surface area (Å²) in [6.45, 7) is 2.67. The average molecular weight is 285 g/mol. The van der Waals surface area contributed by atoms with Crippen molar-refractivity contribution in [2.45, 2.75) is 13.5 Å². The van der Waals surface area contributed by atoms with Crippen molar-refractivity contribution in [3.05, 3.63) is 65.2 Å². The molecule has 4 nitrogen and oxygen atoms in total. The van der Waals surface area contributed by atoms with Crippen LogP contribution in [0.2, 0.25) is 0 Å². The number of aryl methyl sites for hydroxylation is 1. The highest BCUT2D eigenvalue weighted by Crippen LogP contribution is 2.12. The summed E-state index contributed by atoms with van der Waals surface area (Å²) in [5.74, 6) is 0.498. The van der Waals surface area contributed by atoms with E-state index in [-0.39, 0.29) is 12.7 Å². The fraction of sp³-hybridized carbons (Fsp3) is 0.235. The zero-order chi connectivity index (χ0) is 15.1. The number of hydrogen-bond acceptors (Lipinski definition) is 4. The fourth-order valence-electron chi connectivity index (χ4n) is 1.97. The van der Waals surface area contributed by atoms with Crippen LogP contribution in [0.1, 0.15) is 21.5 Å². The lowest BCUT2D eigenvalue weighted by atomic mass is 10.1. The molecule has 0 amide bonds. The fourth-order valence-corrected chi connectivity index (χ4v) is 1.97. The largest absolute Gasteiger partial charge is 0.497 e. The van der Waals surface area contributed by atoms with Crippen molar-refractivity contribution in [1.82, 2.24) is 5.32 Å². The Labute approximate surface area is 124 Å². The highest BCUT2D eigenvalue weighted by molar-refractivity contribution is 5.90. The first-order valence-electron chi connectivity index (χ1n) is 6.77. The second-order valence-electron chi connectivity index (χ2n) is 4.67. The molecule has 0 aliphatic heterocycles. The second-order valence-corrected chi connectivity index (χ2v) is 4.67. The van der Waals surface area contributed by atoms with Crippen LogP contribution >= 0.6 is 0 Å². The summed E-state index contributed by atoms with van der Waals surface area (Å²) in [4.78, 5) is 11.9. The van der Waals surface area contributed by atoms with Gasteiger partial charge >= 0.3 is 5.97 Å². The van der Waals surface area contributed by atoms with Crippen LogP contribution in [0.4, 0.5) is 0 Å². The first-order valence-corrected chi connectivity index (χ1v) is 6.77. The molecule has 4 heteroatoms. The first-order chi connectivity index (χ1) is 10.2. The van der Waals surface area contributed by atoms with Gasteiger partial charge in [0.2, 0.25) is 0 Å². The van der Waals surface area contributed by atoms with E-state index in [1.165, 1.54) is 0 Å². The molecule has 0 aliphatic rings. The van der Waals surface area contributed by atoms with Crippen molar-refractivity contribution in [3.8, 4) is 5.75 Å². The Morgan fingerprint density at radius 2 is 1.95 bits per heavy atom. The molecular weight excluding hydrogens is 266 g/mol. The highest BCUT2D eigenvalue weighted by atomic mass is 16.5. The number of carbonyl (C=O) groups excluding carboxylic acids is 1. The predicted octanol–water partition coefficient (Wildman–Crippen LogP) is 2.91. The van der Waals surface area contributed by atoms with Crippen LogP contribution < -0.4 is 10.1 Å². The molecule has 0 aliphatic carbocycles. The Morgan fingerprint density at radius 1 is 1.14 bits per heavy atom. The van der Waals surface area contributed by atoms with E-state index in [1.54, 1.807) is 13.2 Å². The van der Waals surface area contributed by atoms with Gasteiger partial charge in [-0.25, -0.2) is 4.79 Å². The van der Waals surface area contributed by atoms with Crippen LogP contribution in [-0.4, -0.2) is 19.8 Å². The van der Waals surface area contributed by atoms with Crippen LogP contribution in [0.25, 0.3) is 0 Å². The molecule has 2 rings (SSSR count). The molecule has 0 heterocycles. The SMILES string of the molecule is COc1cccc(CNCOC(=O)c2ccccc2C)c1. The van der Waals surface area contributed by atoms with Crippen LogP contribution in [0.15, 0.2) is 48.5 Å². The molecule has 0 saturated heterocycles. The van der Waals surface area contributed by atoms with E-state index < -0.39 is 0 Å². The molecule has 110 valence electrons. The Bertz CT molecular complexity index is 610. The van der Waals surface area contributed by atoms with Crippen molar-refractivity contribution >= 4 is 5.97 Å². The van der Waals surface area contributed by atoms with Crippen molar-refractivity contribution in [3.63, 3.8) is 0 Å². The monoisotopic (exact) mass is 285 g/mol. The zero-order valence-electron chi connectivity index (χ0n) is 12.3. The number of esters is 1. The van der Waals surface area contributed by atoms with E-state index >= 15 is 0 Å². The lowest BCUT2D eigenvalue weighted by molar-refractivity contribution is 0.0469. The quantitative estimate of drug-likeness (QED) is 0.503. The minimum Gasteiger partial charge on any atom is -0.497 e. The maximum Gasteiger partial charge on any atom is 0.339 e. The molecule has 0 fully saturated rings. The number of ether oxygens (including phenoxy) is 2.